The number of nitrogens with zero attached hydrogens (tertiary/aromatic N) is 1. The van der Waals surface area contributed by atoms with Gasteiger partial charge in [0.15, 0.2) is 5.82 Å². The first-order valence-electron chi connectivity index (χ1n) is 7.23. The predicted octanol–water partition coefficient (Wildman–Crippen LogP) is 3.97. The molecule has 0 saturated heterocycles. The third kappa shape index (κ3) is 1.74. The summed E-state index contributed by atoms with van der Waals surface area (Å²) >= 11 is 0. The number of rotatable bonds is 2. The van der Waals surface area contributed by atoms with Crippen LogP contribution in [-0.4, -0.2) is 5.16 Å². The summed E-state index contributed by atoms with van der Waals surface area (Å²) in [7, 11) is 0. The van der Waals surface area contributed by atoms with E-state index in [0.29, 0.717) is 17.7 Å². The van der Waals surface area contributed by atoms with Crippen molar-refractivity contribution in [3.05, 3.63) is 35.8 Å². The molecule has 2 bridgehead atoms. The first-order valence-corrected chi connectivity index (χ1v) is 7.23. The molecule has 3 atom stereocenters. The van der Waals surface area contributed by atoms with Crippen molar-refractivity contribution in [2.24, 2.45) is 11.8 Å². The van der Waals surface area contributed by atoms with E-state index in [2.05, 4.69) is 5.16 Å². The molecule has 2 saturated carbocycles. The molecule has 104 valence electrons. The molecule has 1 aromatic heterocycles. The highest BCUT2D eigenvalue weighted by atomic mass is 19.1. The van der Waals surface area contributed by atoms with Gasteiger partial charge in [0.2, 0.25) is 0 Å². The van der Waals surface area contributed by atoms with E-state index in [0.717, 1.165) is 29.2 Å². The van der Waals surface area contributed by atoms with Crippen molar-refractivity contribution in [1.29, 1.82) is 0 Å². The lowest BCUT2D eigenvalue weighted by molar-refractivity contribution is 0.312. The van der Waals surface area contributed by atoms with Gasteiger partial charge in [-0.25, -0.2) is 4.39 Å². The Balaban J connectivity index is 1.78. The summed E-state index contributed by atoms with van der Waals surface area (Å²) in [5.41, 5.74) is 7.52. The van der Waals surface area contributed by atoms with Gasteiger partial charge < -0.3 is 10.3 Å². The molecule has 2 aliphatic carbocycles. The molecule has 2 aliphatic rings. The van der Waals surface area contributed by atoms with Crippen molar-refractivity contribution < 1.29 is 8.91 Å². The molecule has 2 aromatic rings. The first kappa shape index (κ1) is 11.9. The van der Waals surface area contributed by atoms with Crippen LogP contribution in [0.4, 0.5) is 10.2 Å². The number of hydrogen-bond donors (Lipinski definition) is 1. The summed E-state index contributed by atoms with van der Waals surface area (Å²) in [5.74, 6) is 2.86. The third-order valence-corrected chi connectivity index (χ3v) is 4.93. The zero-order valence-electron chi connectivity index (χ0n) is 11.2. The normalized spacial score (nSPS) is 28.1. The standard InChI is InChI=1S/C16H17FN2O/c17-12-3-1-2-11(8-12)14-15(20-19-16(14)18)13-7-9-4-5-10(13)6-9/h1-3,8-10,13H,4-7H2,(H2,18,19). The van der Waals surface area contributed by atoms with Gasteiger partial charge in [0.1, 0.15) is 11.6 Å². The second-order valence-corrected chi connectivity index (χ2v) is 6.10. The largest absolute Gasteiger partial charge is 0.380 e. The molecule has 0 aliphatic heterocycles. The minimum atomic E-state index is -0.262. The summed E-state index contributed by atoms with van der Waals surface area (Å²) in [6.07, 6.45) is 5.04. The summed E-state index contributed by atoms with van der Waals surface area (Å²) < 4.78 is 19.0. The predicted molar refractivity (Wildman–Crippen MR) is 74.5 cm³/mol. The van der Waals surface area contributed by atoms with Gasteiger partial charge in [-0.3, -0.25) is 0 Å². The van der Waals surface area contributed by atoms with Crippen LogP contribution in [0.15, 0.2) is 28.8 Å². The van der Waals surface area contributed by atoms with Crippen LogP contribution in [0.1, 0.15) is 37.4 Å². The number of fused-ring (bicyclic) bond motifs is 2. The highest BCUT2D eigenvalue weighted by molar-refractivity contribution is 5.76. The van der Waals surface area contributed by atoms with Gasteiger partial charge in [-0.05, 0) is 48.8 Å². The van der Waals surface area contributed by atoms with E-state index in [4.69, 9.17) is 10.3 Å². The van der Waals surface area contributed by atoms with E-state index in [1.807, 2.05) is 6.07 Å². The van der Waals surface area contributed by atoms with Crippen molar-refractivity contribution >= 4 is 5.82 Å². The molecule has 1 heterocycles. The number of nitrogen functional groups attached to an aromatic ring is 1. The van der Waals surface area contributed by atoms with Crippen molar-refractivity contribution in [2.75, 3.05) is 5.73 Å². The number of aromatic nitrogens is 1. The van der Waals surface area contributed by atoms with Crippen LogP contribution in [-0.2, 0) is 0 Å². The number of halogens is 1. The second kappa shape index (κ2) is 4.33. The fourth-order valence-electron chi connectivity index (χ4n) is 4.07. The molecule has 2 N–H and O–H groups in total. The van der Waals surface area contributed by atoms with Crippen LogP contribution >= 0.6 is 0 Å². The summed E-state index contributed by atoms with van der Waals surface area (Å²) in [4.78, 5) is 0. The Morgan fingerprint density at radius 1 is 1.25 bits per heavy atom. The maximum absolute atomic E-state index is 13.5. The molecule has 1 aromatic carbocycles. The molecule has 3 nitrogen and oxygen atoms in total. The van der Waals surface area contributed by atoms with Crippen LogP contribution in [0.3, 0.4) is 0 Å². The second-order valence-electron chi connectivity index (χ2n) is 6.10. The van der Waals surface area contributed by atoms with Crippen molar-refractivity contribution in [2.45, 2.75) is 31.6 Å². The maximum atomic E-state index is 13.5. The van der Waals surface area contributed by atoms with Crippen molar-refractivity contribution in [3.63, 3.8) is 0 Å². The minimum Gasteiger partial charge on any atom is -0.380 e. The van der Waals surface area contributed by atoms with Gasteiger partial charge in [0.25, 0.3) is 0 Å². The lowest BCUT2D eigenvalue weighted by Crippen LogP contribution is -2.08. The number of nitrogens with two attached hydrogens (primary N) is 1. The highest BCUT2D eigenvalue weighted by Crippen LogP contribution is 2.54. The zero-order chi connectivity index (χ0) is 13.7. The van der Waals surface area contributed by atoms with E-state index in [1.54, 1.807) is 6.07 Å². The van der Waals surface area contributed by atoms with Crippen molar-refractivity contribution in [3.8, 4) is 11.1 Å². The van der Waals surface area contributed by atoms with Crippen LogP contribution in [0.25, 0.3) is 11.1 Å². The monoisotopic (exact) mass is 272 g/mol. The van der Waals surface area contributed by atoms with Gasteiger partial charge in [-0.2, -0.15) is 0 Å². The van der Waals surface area contributed by atoms with Gasteiger partial charge in [-0.15, -0.1) is 0 Å². The van der Waals surface area contributed by atoms with Crippen molar-refractivity contribution in [1.82, 2.24) is 5.16 Å². The summed E-state index contributed by atoms with van der Waals surface area (Å²) in [6.45, 7) is 0. The van der Waals surface area contributed by atoms with E-state index in [1.165, 1.54) is 31.4 Å². The Morgan fingerprint density at radius 2 is 2.15 bits per heavy atom. The van der Waals surface area contributed by atoms with E-state index >= 15 is 0 Å². The number of benzene rings is 1. The van der Waals surface area contributed by atoms with Crippen LogP contribution < -0.4 is 5.73 Å². The van der Waals surface area contributed by atoms with Gasteiger partial charge in [0, 0.05) is 5.92 Å². The molecule has 0 spiro atoms. The molecule has 3 unspecified atom stereocenters. The Morgan fingerprint density at radius 3 is 2.85 bits per heavy atom. The van der Waals surface area contributed by atoms with Crippen LogP contribution in [0, 0.1) is 17.7 Å². The quantitative estimate of drug-likeness (QED) is 0.900. The lowest BCUT2D eigenvalue weighted by atomic mass is 9.84. The fraction of sp³-hybridized carbons (Fsp3) is 0.438. The zero-order valence-corrected chi connectivity index (χ0v) is 11.2. The molecule has 4 heteroatoms. The Kier molecular flexibility index (Phi) is 2.59. The topological polar surface area (TPSA) is 52.0 Å². The molecule has 2 fully saturated rings. The van der Waals surface area contributed by atoms with Crippen LogP contribution in [0.5, 0.6) is 0 Å². The Bertz CT molecular complexity index is 652. The molecular formula is C16H17FN2O. The smallest absolute Gasteiger partial charge is 0.175 e. The summed E-state index contributed by atoms with van der Waals surface area (Å²) in [5, 5.41) is 3.93. The van der Waals surface area contributed by atoms with Crippen LogP contribution in [0.2, 0.25) is 0 Å². The lowest BCUT2D eigenvalue weighted by Gasteiger charge is -2.20. The van der Waals surface area contributed by atoms with E-state index < -0.39 is 0 Å². The van der Waals surface area contributed by atoms with E-state index in [9.17, 15) is 4.39 Å². The Hall–Kier alpha value is -1.84. The maximum Gasteiger partial charge on any atom is 0.175 e. The third-order valence-electron chi connectivity index (χ3n) is 4.93. The molecule has 20 heavy (non-hydrogen) atoms. The van der Waals surface area contributed by atoms with E-state index in [-0.39, 0.29) is 5.82 Å². The average molecular weight is 272 g/mol. The molecule has 0 radical (unpaired) electrons. The number of anilines is 1. The molecular weight excluding hydrogens is 255 g/mol. The SMILES string of the molecule is Nc1noc(C2CC3CCC2C3)c1-c1cccc(F)c1. The average Bonchev–Trinajstić information content (AvgIpc) is 3.12. The first-order chi connectivity index (χ1) is 9.72. The van der Waals surface area contributed by atoms with Gasteiger partial charge >= 0.3 is 0 Å². The van der Waals surface area contributed by atoms with Gasteiger partial charge in [0.05, 0.1) is 5.56 Å². The highest BCUT2D eigenvalue weighted by Gasteiger charge is 2.43. The Labute approximate surface area is 117 Å². The van der Waals surface area contributed by atoms with Gasteiger partial charge in [-0.1, -0.05) is 23.7 Å². The molecule has 0 amide bonds. The summed E-state index contributed by atoms with van der Waals surface area (Å²) in [6, 6.07) is 6.49. The molecule has 4 rings (SSSR count). The minimum absolute atomic E-state index is 0.262. The fourth-order valence-corrected chi connectivity index (χ4v) is 4.07. The number of hydrogen-bond acceptors (Lipinski definition) is 3.